The third-order valence-corrected chi connectivity index (χ3v) is 5.57. The van der Waals surface area contributed by atoms with Crippen LogP contribution in [-0.2, 0) is 10.4 Å². The summed E-state index contributed by atoms with van der Waals surface area (Å²) in [4.78, 5) is 6.88. The van der Waals surface area contributed by atoms with E-state index >= 15 is 0 Å². The number of guanidine groups is 1. The first-order chi connectivity index (χ1) is 14.5. The van der Waals surface area contributed by atoms with Gasteiger partial charge in [0.05, 0.1) is 31.0 Å². The fraction of sp³-hybridized carbons (Fsp3) is 0.286. The maximum absolute atomic E-state index is 6.56. The van der Waals surface area contributed by atoms with Gasteiger partial charge in [0.15, 0.2) is 5.66 Å². The summed E-state index contributed by atoms with van der Waals surface area (Å²) < 4.78 is 11.0. The minimum Gasteiger partial charge on any atom is -0.494 e. The van der Waals surface area contributed by atoms with Crippen LogP contribution < -0.4 is 31.7 Å². The second kappa shape index (κ2) is 8.43. The highest BCUT2D eigenvalue weighted by atomic mass is 35.5. The Labute approximate surface area is 180 Å². The third-order valence-electron chi connectivity index (χ3n) is 5.17. The van der Waals surface area contributed by atoms with Crippen LogP contribution in [0.25, 0.3) is 0 Å². The summed E-state index contributed by atoms with van der Waals surface area (Å²) in [7, 11) is 1.63. The molecule has 2 heterocycles. The molecule has 0 bridgehead atoms. The van der Waals surface area contributed by atoms with E-state index in [0.717, 1.165) is 37.7 Å². The predicted molar refractivity (Wildman–Crippen MR) is 121 cm³/mol. The van der Waals surface area contributed by atoms with Gasteiger partial charge in [0, 0.05) is 42.3 Å². The molecule has 2 aromatic carbocycles. The van der Waals surface area contributed by atoms with Crippen LogP contribution in [0.1, 0.15) is 5.56 Å². The van der Waals surface area contributed by atoms with Crippen molar-refractivity contribution in [2.45, 2.75) is 5.66 Å². The zero-order valence-electron chi connectivity index (χ0n) is 16.7. The molecule has 9 heteroatoms. The Morgan fingerprint density at radius 3 is 2.73 bits per heavy atom. The molecule has 0 aliphatic carbocycles. The van der Waals surface area contributed by atoms with Crippen molar-refractivity contribution in [3.05, 3.63) is 59.3 Å². The van der Waals surface area contributed by atoms with Crippen LogP contribution >= 0.6 is 11.6 Å². The fourth-order valence-corrected chi connectivity index (χ4v) is 3.73. The summed E-state index contributed by atoms with van der Waals surface area (Å²) in [6, 6.07) is 13.2. The number of anilines is 3. The number of morpholine rings is 1. The molecule has 1 atom stereocenters. The number of methoxy groups -OCH3 is 1. The number of nitrogens with zero attached hydrogens (tertiary/aromatic N) is 2. The molecule has 2 aliphatic rings. The molecular formula is C21H25ClN6O2. The zero-order valence-corrected chi connectivity index (χ0v) is 17.4. The smallest absolute Gasteiger partial charge is 0.202 e. The quantitative estimate of drug-likeness (QED) is 0.553. The number of nitrogens with two attached hydrogens (primary N) is 2. The molecule has 1 unspecified atom stereocenters. The van der Waals surface area contributed by atoms with Crippen LogP contribution in [0.2, 0.25) is 0 Å². The first-order valence-corrected chi connectivity index (χ1v) is 10.0. The lowest BCUT2D eigenvalue weighted by Gasteiger charge is -2.31. The van der Waals surface area contributed by atoms with Gasteiger partial charge in [-0.1, -0.05) is 29.8 Å². The highest BCUT2D eigenvalue weighted by molar-refractivity contribution is 6.31. The van der Waals surface area contributed by atoms with E-state index < -0.39 is 5.66 Å². The maximum Gasteiger partial charge on any atom is 0.202 e. The highest BCUT2D eigenvalue weighted by Crippen LogP contribution is 2.36. The molecule has 0 aromatic heterocycles. The number of aliphatic imine (C=N–C) groups is 1. The van der Waals surface area contributed by atoms with Gasteiger partial charge in [-0.15, -0.1) is 0 Å². The van der Waals surface area contributed by atoms with E-state index in [-0.39, 0.29) is 0 Å². The number of halogens is 1. The van der Waals surface area contributed by atoms with E-state index in [0.29, 0.717) is 28.0 Å². The molecule has 1 saturated heterocycles. The summed E-state index contributed by atoms with van der Waals surface area (Å²) in [5.74, 6) is 1.12. The molecule has 8 nitrogen and oxygen atoms in total. The Bertz CT molecular complexity index is 989. The molecular weight excluding hydrogens is 404 g/mol. The van der Waals surface area contributed by atoms with Crippen LogP contribution in [-0.4, -0.2) is 39.4 Å². The van der Waals surface area contributed by atoms with E-state index in [1.807, 2.05) is 36.4 Å². The van der Waals surface area contributed by atoms with Gasteiger partial charge in [0.1, 0.15) is 5.75 Å². The summed E-state index contributed by atoms with van der Waals surface area (Å²) >= 11 is 6.41. The molecule has 0 spiro atoms. The molecule has 2 aliphatic heterocycles. The first-order valence-electron chi connectivity index (χ1n) is 9.65. The molecule has 0 saturated carbocycles. The molecule has 30 heavy (non-hydrogen) atoms. The summed E-state index contributed by atoms with van der Waals surface area (Å²) in [6.07, 6.45) is 1.61. The average Bonchev–Trinajstić information content (AvgIpc) is 2.77. The number of hydrogen-bond acceptors (Lipinski definition) is 8. The average molecular weight is 429 g/mol. The van der Waals surface area contributed by atoms with Gasteiger partial charge in [0.2, 0.25) is 5.96 Å². The summed E-state index contributed by atoms with van der Waals surface area (Å²) in [6.45, 7) is 3.14. The van der Waals surface area contributed by atoms with Crippen LogP contribution in [0, 0.1) is 0 Å². The van der Waals surface area contributed by atoms with Crippen LogP contribution in [0.15, 0.2) is 58.7 Å². The Kier molecular flexibility index (Phi) is 5.72. The topological polar surface area (TPSA) is 110 Å². The van der Waals surface area contributed by atoms with Gasteiger partial charge in [-0.25, -0.2) is 4.99 Å². The number of nitrogen functional groups attached to an aromatic ring is 1. The molecule has 0 amide bonds. The minimum atomic E-state index is -1.29. The molecule has 6 N–H and O–H groups in total. The molecule has 1 fully saturated rings. The monoisotopic (exact) mass is 428 g/mol. The summed E-state index contributed by atoms with van der Waals surface area (Å²) in [5.41, 5.74) is 14.4. The zero-order chi connectivity index (χ0) is 21.1. The van der Waals surface area contributed by atoms with Crippen molar-refractivity contribution in [2.24, 2.45) is 10.7 Å². The molecule has 2 aromatic rings. The third kappa shape index (κ3) is 3.89. The van der Waals surface area contributed by atoms with Gasteiger partial charge in [-0.2, -0.15) is 0 Å². The summed E-state index contributed by atoms with van der Waals surface area (Å²) in [5, 5.41) is 6.61. The van der Waals surface area contributed by atoms with E-state index in [1.54, 1.807) is 19.4 Å². The van der Waals surface area contributed by atoms with Crippen molar-refractivity contribution < 1.29 is 9.47 Å². The largest absolute Gasteiger partial charge is 0.494 e. The first kappa shape index (κ1) is 20.3. The number of hydrogen-bond donors (Lipinski definition) is 4. The van der Waals surface area contributed by atoms with E-state index in [1.165, 1.54) is 0 Å². The number of nitrogens with one attached hydrogen (secondary N) is 2. The Morgan fingerprint density at radius 1 is 1.23 bits per heavy atom. The number of para-hydroxylation sites is 1. The lowest BCUT2D eigenvalue weighted by Crippen LogP contribution is -2.44. The van der Waals surface area contributed by atoms with Crippen molar-refractivity contribution in [3.8, 4) is 5.75 Å². The maximum atomic E-state index is 6.56. The standard InChI is InChI=1S/C21H25ClN6O2/c1-29-18-12-14(28-8-10-30-11-9-28)6-7-17(18)26-20-25-13-19(22)21(24,27-20)15-4-2-3-5-16(15)23/h2-7,12-13H,8-11,23-24H2,1H3,(H2,25,26,27). The Hall–Kier alpha value is -2.94. The molecule has 158 valence electrons. The van der Waals surface area contributed by atoms with E-state index in [4.69, 9.17) is 32.5 Å². The predicted octanol–water partition coefficient (Wildman–Crippen LogP) is 2.38. The Morgan fingerprint density at radius 2 is 2.00 bits per heavy atom. The highest BCUT2D eigenvalue weighted by Gasteiger charge is 2.35. The normalized spacial score (nSPS) is 21.4. The lowest BCUT2D eigenvalue weighted by molar-refractivity contribution is 0.122. The second-order valence-electron chi connectivity index (χ2n) is 7.06. The van der Waals surface area contributed by atoms with Gasteiger partial charge in [-0.05, 0) is 18.2 Å². The van der Waals surface area contributed by atoms with Crippen molar-refractivity contribution in [3.63, 3.8) is 0 Å². The van der Waals surface area contributed by atoms with Crippen molar-refractivity contribution in [1.82, 2.24) is 5.32 Å². The molecule has 0 radical (unpaired) electrons. The van der Waals surface area contributed by atoms with E-state index in [2.05, 4.69) is 20.5 Å². The minimum absolute atomic E-state index is 0.334. The number of rotatable bonds is 4. The van der Waals surface area contributed by atoms with Gasteiger partial charge >= 0.3 is 0 Å². The van der Waals surface area contributed by atoms with Crippen molar-refractivity contribution in [2.75, 3.05) is 49.4 Å². The van der Waals surface area contributed by atoms with Crippen LogP contribution in [0.3, 0.4) is 0 Å². The van der Waals surface area contributed by atoms with Gasteiger partial charge < -0.3 is 30.7 Å². The number of benzene rings is 2. The van der Waals surface area contributed by atoms with Crippen LogP contribution in [0.5, 0.6) is 5.75 Å². The fourth-order valence-electron chi connectivity index (χ4n) is 3.53. The van der Waals surface area contributed by atoms with E-state index in [9.17, 15) is 0 Å². The SMILES string of the molecule is COc1cc(N2CCOCC2)ccc1NC1=NC(N)(c2ccccc2N)C(Cl)=CN1. The second-order valence-corrected chi connectivity index (χ2v) is 7.47. The lowest BCUT2D eigenvalue weighted by atomic mass is 9.98. The Balaban J connectivity index is 1.61. The van der Waals surface area contributed by atoms with Crippen LogP contribution in [0.4, 0.5) is 17.1 Å². The van der Waals surface area contributed by atoms with Crippen molar-refractivity contribution >= 4 is 34.6 Å². The van der Waals surface area contributed by atoms with Gasteiger partial charge in [-0.3, -0.25) is 5.73 Å². The van der Waals surface area contributed by atoms with Gasteiger partial charge in [0.25, 0.3) is 0 Å². The number of ether oxygens (including phenoxy) is 2. The molecule has 4 rings (SSSR count). The van der Waals surface area contributed by atoms with Crippen molar-refractivity contribution in [1.29, 1.82) is 0 Å².